The molecule has 1 aromatic rings. The maximum atomic E-state index is 12.7. The molecule has 0 spiro atoms. The molecule has 2 saturated heterocycles. The van der Waals surface area contributed by atoms with Crippen LogP contribution in [0.2, 0.25) is 0 Å². The van der Waals surface area contributed by atoms with Crippen molar-refractivity contribution in [1.29, 1.82) is 0 Å². The number of carbonyl (C=O) groups is 1. The summed E-state index contributed by atoms with van der Waals surface area (Å²) in [5.41, 5.74) is 1.37. The predicted molar refractivity (Wildman–Crippen MR) is 97.6 cm³/mol. The molecule has 3 rings (SSSR count). The summed E-state index contributed by atoms with van der Waals surface area (Å²) < 4.78 is 0. The number of carbonyl (C=O) groups excluding carboxylic acids is 1. The van der Waals surface area contributed by atoms with E-state index >= 15 is 0 Å². The van der Waals surface area contributed by atoms with Crippen LogP contribution in [0.1, 0.15) is 44.2 Å². The van der Waals surface area contributed by atoms with Gasteiger partial charge in [-0.15, -0.1) is 0 Å². The van der Waals surface area contributed by atoms with Crippen LogP contribution in [0.5, 0.6) is 0 Å². The van der Waals surface area contributed by atoms with Crippen LogP contribution < -0.4 is 5.32 Å². The number of amides is 1. The van der Waals surface area contributed by atoms with Gasteiger partial charge in [-0.2, -0.15) is 11.8 Å². The Labute approximate surface area is 144 Å². The van der Waals surface area contributed by atoms with Gasteiger partial charge < -0.3 is 5.32 Å². The lowest BCUT2D eigenvalue weighted by atomic mass is 9.93. The van der Waals surface area contributed by atoms with E-state index in [1.807, 2.05) is 11.8 Å². The van der Waals surface area contributed by atoms with Crippen molar-refractivity contribution in [2.24, 2.45) is 5.92 Å². The van der Waals surface area contributed by atoms with Gasteiger partial charge in [0.05, 0.1) is 5.92 Å². The standard InChI is InChI=1S/C19H28N2OS/c1-2-12-23-13-10-20-19(22)16-14-18(15-7-4-3-5-8-15)21-11-6-9-17(16)21/h3-5,7-8,16-18H,2,6,9-14H2,1H3,(H,20,22)/t16-,17+,18-/m1/s1. The molecule has 2 fully saturated rings. The van der Waals surface area contributed by atoms with Gasteiger partial charge in [0, 0.05) is 24.4 Å². The first-order valence-corrected chi connectivity index (χ1v) is 10.1. The monoisotopic (exact) mass is 332 g/mol. The minimum absolute atomic E-state index is 0.166. The molecule has 0 saturated carbocycles. The van der Waals surface area contributed by atoms with E-state index in [0.717, 1.165) is 25.3 Å². The molecule has 23 heavy (non-hydrogen) atoms. The first-order valence-electron chi connectivity index (χ1n) is 8.97. The lowest BCUT2D eigenvalue weighted by molar-refractivity contribution is -0.125. The van der Waals surface area contributed by atoms with Crippen LogP contribution in [0, 0.1) is 5.92 Å². The van der Waals surface area contributed by atoms with Crippen molar-refractivity contribution in [2.45, 2.75) is 44.7 Å². The molecule has 3 atom stereocenters. The highest BCUT2D eigenvalue weighted by Gasteiger charge is 2.46. The Balaban J connectivity index is 1.58. The molecule has 1 N–H and O–H groups in total. The Kier molecular flexibility index (Phi) is 6.01. The molecule has 0 radical (unpaired) electrons. The molecule has 2 heterocycles. The highest BCUT2D eigenvalue weighted by atomic mass is 32.2. The van der Waals surface area contributed by atoms with Crippen molar-refractivity contribution < 1.29 is 4.79 Å². The lowest BCUT2D eigenvalue weighted by Gasteiger charge is -2.24. The molecular weight excluding hydrogens is 304 g/mol. The molecule has 1 amide bonds. The second-order valence-electron chi connectivity index (χ2n) is 6.62. The summed E-state index contributed by atoms with van der Waals surface area (Å²) in [4.78, 5) is 15.2. The van der Waals surface area contributed by atoms with E-state index in [9.17, 15) is 4.79 Å². The molecule has 0 bridgehead atoms. The fourth-order valence-corrected chi connectivity index (χ4v) is 4.81. The highest BCUT2D eigenvalue weighted by Crippen LogP contribution is 2.44. The third-order valence-electron chi connectivity index (χ3n) is 5.10. The van der Waals surface area contributed by atoms with Gasteiger partial charge in [-0.25, -0.2) is 0 Å². The van der Waals surface area contributed by atoms with Gasteiger partial charge in [0.15, 0.2) is 0 Å². The molecular formula is C19H28N2OS. The minimum atomic E-state index is 0.166. The largest absolute Gasteiger partial charge is 0.355 e. The molecule has 2 aliphatic heterocycles. The van der Waals surface area contributed by atoms with E-state index in [-0.39, 0.29) is 11.8 Å². The van der Waals surface area contributed by atoms with Crippen molar-refractivity contribution >= 4 is 17.7 Å². The molecule has 0 unspecified atom stereocenters. The van der Waals surface area contributed by atoms with Gasteiger partial charge in [-0.1, -0.05) is 37.3 Å². The fourth-order valence-electron chi connectivity index (χ4n) is 4.08. The van der Waals surface area contributed by atoms with Crippen molar-refractivity contribution in [1.82, 2.24) is 10.2 Å². The third-order valence-corrected chi connectivity index (χ3v) is 6.29. The van der Waals surface area contributed by atoms with Crippen LogP contribution in [0.25, 0.3) is 0 Å². The predicted octanol–water partition coefficient (Wildman–Crippen LogP) is 3.47. The summed E-state index contributed by atoms with van der Waals surface area (Å²) in [5.74, 6) is 2.66. The van der Waals surface area contributed by atoms with Crippen LogP contribution in [0.15, 0.2) is 30.3 Å². The number of thioether (sulfide) groups is 1. The molecule has 2 aliphatic rings. The number of hydrogen-bond acceptors (Lipinski definition) is 3. The summed E-state index contributed by atoms with van der Waals surface area (Å²) in [6, 6.07) is 11.6. The zero-order valence-electron chi connectivity index (χ0n) is 14.0. The Hall–Kier alpha value is -1.00. The number of rotatable bonds is 7. The molecule has 126 valence electrons. The lowest BCUT2D eigenvalue weighted by Crippen LogP contribution is -2.38. The highest BCUT2D eigenvalue weighted by molar-refractivity contribution is 7.99. The van der Waals surface area contributed by atoms with Crippen molar-refractivity contribution in [3.05, 3.63) is 35.9 Å². The molecule has 4 heteroatoms. The molecule has 3 nitrogen and oxygen atoms in total. The molecule has 1 aromatic carbocycles. The first-order chi connectivity index (χ1) is 11.3. The summed E-state index contributed by atoms with van der Waals surface area (Å²) in [5, 5.41) is 3.18. The van der Waals surface area contributed by atoms with Gasteiger partial charge in [-0.05, 0) is 43.5 Å². The normalized spacial score (nSPS) is 27.1. The summed E-state index contributed by atoms with van der Waals surface area (Å²) in [6.45, 7) is 4.14. The second kappa shape index (κ2) is 8.20. The van der Waals surface area contributed by atoms with Crippen LogP contribution in [-0.2, 0) is 4.79 Å². The SMILES string of the molecule is CCCSCCNC(=O)[C@@H]1C[C@H](c2ccccc2)N2CCC[C@@H]12. The number of hydrogen-bond donors (Lipinski definition) is 1. The van der Waals surface area contributed by atoms with E-state index < -0.39 is 0 Å². The first kappa shape index (κ1) is 16.8. The number of nitrogens with zero attached hydrogens (tertiary/aromatic N) is 1. The van der Waals surface area contributed by atoms with Crippen molar-refractivity contribution in [3.8, 4) is 0 Å². The van der Waals surface area contributed by atoms with E-state index in [0.29, 0.717) is 12.1 Å². The van der Waals surface area contributed by atoms with Gasteiger partial charge in [0.2, 0.25) is 5.91 Å². The summed E-state index contributed by atoms with van der Waals surface area (Å²) >= 11 is 1.93. The number of nitrogens with one attached hydrogen (secondary N) is 1. The van der Waals surface area contributed by atoms with Crippen LogP contribution >= 0.6 is 11.8 Å². The third kappa shape index (κ3) is 3.92. The fraction of sp³-hybridized carbons (Fsp3) is 0.632. The Morgan fingerprint density at radius 3 is 2.91 bits per heavy atom. The summed E-state index contributed by atoms with van der Waals surface area (Å²) in [7, 11) is 0. The van der Waals surface area contributed by atoms with Gasteiger partial charge >= 0.3 is 0 Å². The van der Waals surface area contributed by atoms with E-state index in [4.69, 9.17) is 0 Å². The second-order valence-corrected chi connectivity index (χ2v) is 7.84. The minimum Gasteiger partial charge on any atom is -0.355 e. The van der Waals surface area contributed by atoms with E-state index in [1.165, 1.54) is 30.6 Å². The zero-order chi connectivity index (χ0) is 16.1. The van der Waals surface area contributed by atoms with E-state index in [2.05, 4.69) is 47.5 Å². The smallest absolute Gasteiger partial charge is 0.224 e. The van der Waals surface area contributed by atoms with Gasteiger partial charge in [0.25, 0.3) is 0 Å². The quantitative estimate of drug-likeness (QED) is 0.776. The maximum absolute atomic E-state index is 12.7. The zero-order valence-corrected chi connectivity index (χ0v) is 14.9. The van der Waals surface area contributed by atoms with Crippen LogP contribution in [0.3, 0.4) is 0 Å². The van der Waals surface area contributed by atoms with Gasteiger partial charge in [0.1, 0.15) is 0 Å². The maximum Gasteiger partial charge on any atom is 0.224 e. The average molecular weight is 333 g/mol. The molecule has 0 aliphatic carbocycles. The van der Waals surface area contributed by atoms with Crippen LogP contribution in [-0.4, -0.2) is 41.4 Å². The summed E-state index contributed by atoms with van der Waals surface area (Å²) in [6.07, 6.45) is 4.58. The van der Waals surface area contributed by atoms with Gasteiger partial charge in [-0.3, -0.25) is 9.69 Å². The Bertz CT molecular complexity index is 507. The van der Waals surface area contributed by atoms with E-state index in [1.54, 1.807) is 0 Å². The Morgan fingerprint density at radius 2 is 2.13 bits per heavy atom. The van der Waals surface area contributed by atoms with Crippen molar-refractivity contribution in [2.75, 3.05) is 24.6 Å². The Morgan fingerprint density at radius 1 is 1.30 bits per heavy atom. The number of benzene rings is 1. The number of fused-ring (bicyclic) bond motifs is 1. The average Bonchev–Trinajstić information content (AvgIpc) is 3.17. The molecule has 0 aromatic heterocycles. The van der Waals surface area contributed by atoms with Crippen LogP contribution in [0.4, 0.5) is 0 Å². The van der Waals surface area contributed by atoms with Crippen molar-refractivity contribution in [3.63, 3.8) is 0 Å². The topological polar surface area (TPSA) is 32.3 Å².